The van der Waals surface area contributed by atoms with Gasteiger partial charge in [0.25, 0.3) is 0 Å². The van der Waals surface area contributed by atoms with Crippen LogP contribution < -0.4 is 15.3 Å². The lowest BCUT2D eigenvalue weighted by molar-refractivity contribution is -0.274. The Labute approximate surface area is 135 Å². The maximum Gasteiger partial charge on any atom is 0.573 e. The van der Waals surface area contributed by atoms with Crippen molar-refractivity contribution in [2.45, 2.75) is 11.3 Å². The van der Waals surface area contributed by atoms with Crippen molar-refractivity contribution in [2.75, 3.05) is 0 Å². The molecule has 11 heteroatoms. The SMILES string of the molecule is NS(=O)(=O)c1ccc(B(O)O)cc1-c1ccc(OC(F)(F)F)cc1. The van der Waals surface area contributed by atoms with Gasteiger partial charge in [0.05, 0.1) is 4.90 Å². The zero-order chi connectivity index (χ0) is 18.1. The second kappa shape index (κ2) is 6.44. The maximum atomic E-state index is 12.2. The van der Waals surface area contributed by atoms with Crippen LogP contribution in [0.15, 0.2) is 47.4 Å². The van der Waals surface area contributed by atoms with Crippen molar-refractivity contribution in [2.24, 2.45) is 5.14 Å². The van der Waals surface area contributed by atoms with Gasteiger partial charge >= 0.3 is 13.5 Å². The van der Waals surface area contributed by atoms with Crippen LogP contribution in [0.3, 0.4) is 0 Å². The predicted octanol–water partition coefficient (Wildman–Crippen LogP) is 0.579. The third-order valence-electron chi connectivity index (χ3n) is 3.01. The topological polar surface area (TPSA) is 110 Å². The Bertz CT molecular complexity index is 838. The summed E-state index contributed by atoms with van der Waals surface area (Å²) in [7, 11) is -5.99. The van der Waals surface area contributed by atoms with Gasteiger partial charge in [0.2, 0.25) is 10.0 Å². The normalized spacial score (nSPS) is 12.1. The Hall–Kier alpha value is -2.08. The number of nitrogens with two attached hydrogens (primary N) is 1. The molecule has 0 bridgehead atoms. The number of sulfonamides is 1. The molecule has 0 amide bonds. The van der Waals surface area contributed by atoms with Crippen LogP contribution in [0.4, 0.5) is 13.2 Å². The summed E-state index contributed by atoms with van der Waals surface area (Å²) in [6.45, 7) is 0. The van der Waals surface area contributed by atoms with E-state index in [9.17, 15) is 31.6 Å². The lowest BCUT2D eigenvalue weighted by Gasteiger charge is -2.12. The third-order valence-corrected chi connectivity index (χ3v) is 3.98. The van der Waals surface area contributed by atoms with E-state index in [1.165, 1.54) is 18.2 Å². The number of ether oxygens (including phenoxy) is 1. The van der Waals surface area contributed by atoms with E-state index in [1.54, 1.807) is 0 Å². The van der Waals surface area contributed by atoms with Gasteiger partial charge in [-0.1, -0.05) is 24.3 Å². The molecule has 0 saturated carbocycles. The molecule has 0 aliphatic rings. The lowest BCUT2D eigenvalue weighted by atomic mass is 9.79. The molecule has 0 fully saturated rings. The summed E-state index contributed by atoms with van der Waals surface area (Å²) in [5, 5.41) is 23.5. The Balaban J connectivity index is 2.52. The first-order chi connectivity index (χ1) is 11.0. The fourth-order valence-corrected chi connectivity index (χ4v) is 2.76. The van der Waals surface area contributed by atoms with Crippen LogP contribution in [0.2, 0.25) is 0 Å². The van der Waals surface area contributed by atoms with Crippen LogP contribution in [0, 0.1) is 0 Å². The highest BCUT2D eigenvalue weighted by Gasteiger charge is 2.31. The van der Waals surface area contributed by atoms with Gasteiger partial charge in [-0.3, -0.25) is 0 Å². The number of hydrogen-bond acceptors (Lipinski definition) is 5. The molecule has 6 nitrogen and oxygen atoms in total. The summed E-state index contributed by atoms with van der Waals surface area (Å²) >= 11 is 0. The van der Waals surface area contributed by atoms with Crippen LogP contribution in [-0.2, 0) is 10.0 Å². The van der Waals surface area contributed by atoms with Crippen LogP contribution in [0.5, 0.6) is 5.75 Å². The zero-order valence-corrected chi connectivity index (χ0v) is 12.7. The third kappa shape index (κ3) is 4.48. The zero-order valence-electron chi connectivity index (χ0n) is 11.9. The summed E-state index contributed by atoms with van der Waals surface area (Å²) in [4.78, 5) is -0.309. The van der Waals surface area contributed by atoms with Crippen LogP contribution in [0.25, 0.3) is 11.1 Å². The van der Waals surface area contributed by atoms with Crippen molar-refractivity contribution in [3.05, 3.63) is 42.5 Å². The largest absolute Gasteiger partial charge is 0.573 e. The molecule has 4 N–H and O–H groups in total. The lowest BCUT2D eigenvalue weighted by Crippen LogP contribution is -2.30. The second-order valence-electron chi connectivity index (χ2n) is 4.75. The number of benzene rings is 2. The number of rotatable bonds is 4. The fourth-order valence-electron chi connectivity index (χ4n) is 2.02. The van der Waals surface area contributed by atoms with Crippen molar-refractivity contribution in [3.63, 3.8) is 0 Å². The van der Waals surface area contributed by atoms with Crippen molar-refractivity contribution in [1.82, 2.24) is 0 Å². The summed E-state index contributed by atoms with van der Waals surface area (Å²) in [5.74, 6) is -0.484. The smallest absolute Gasteiger partial charge is 0.423 e. The Morgan fingerprint density at radius 3 is 2.08 bits per heavy atom. The fraction of sp³-hybridized carbons (Fsp3) is 0.0769. The molecule has 24 heavy (non-hydrogen) atoms. The predicted molar refractivity (Wildman–Crippen MR) is 79.8 cm³/mol. The van der Waals surface area contributed by atoms with Gasteiger partial charge in [-0.2, -0.15) is 0 Å². The van der Waals surface area contributed by atoms with Crippen molar-refractivity contribution in [3.8, 4) is 16.9 Å². The van der Waals surface area contributed by atoms with E-state index in [4.69, 9.17) is 5.14 Å². The standard InChI is InChI=1S/C13H11BF3NO5S/c15-13(16,17)23-10-4-1-8(2-5-10)11-7-9(14(19)20)3-6-12(11)24(18,21)22/h1-7,19-20H,(H2,18,21,22). The van der Waals surface area contributed by atoms with E-state index in [2.05, 4.69) is 4.74 Å². The van der Waals surface area contributed by atoms with Gasteiger partial charge in [0.15, 0.2) is 0 Å². The molecule has 0 radical (unpaired) electrons. The summed E-state index contributed by atoms with van der Waals surface area (Å²) in [6, 6.07) is 7.80. The molecule has 0 aromatic heterocycles. The van der Waals surface area contributed by atoms with Gasteiger partial charge in [-0.25, -0.2) is 13.6 Å². The molecule has 2 aromatic carbocycles. The molecular formula is C13H11BF3NO5S. The first kappa shape index (κ1) is 18.3. The number of halogens is 3. The Morgan fingerprint density at radius 1 is 1.04 bits per heavy atom. The van der Waals surface area contributed by atoms with Crippen molar-refractivity contribution < 1.29 is 36.4 Å². The highest BCUT2D eigenvalue weighted by Crippen LogP contribution is 2.29. The van der Waals surface area contributed by atoms with Crippen molar-refractivity contribution in [1.29, 1.82) is 0 Å². The van der Waals surface area contributed by atoms with Gasteiger partial charge in [0.1, 0.15) is 5.75 Å². The van der Waals surface area contributed by atoms with Gasteiger partial charge < -0.3 is 14.8 Å². The average molecular weight is 361 g/mol. The monoisotopic (exact) mass is 361 g/mol. The summed E-state index contributed by atoms with van der Waals surface area (Å²) < 4.78 is 63.5. The van der Waals surface area contributed by atoms with Crippen LogP contribution in [-0.4, -0.2) is 31.9 Å². The van der Waals surface area contributed by atoms with Crippen LogP contribution in [0.1, 0.15) is 0 Å². The molecule has 0 unspecified atom stereocenters. The average Bonchev–Trinajstić information content (AvgIpc) is 2.44. The molecular weight excluding hydrogens is 350 g/mol. The molecule has 2 aromatic rings. The van der Waals surface area contributed by atoms with Gasteiger partial charge in [0, 0.05) is 5.56 Å². The Morgan fingerprint density at radius 2 is 1.62 bits per heavy atom. The van der Waals surface area contributed by atoms with E-state index in [0.29, 0.717) is 0 Å². The minimum absolute atomic E-state index is 0.00646. The van der Waals surface area contributed by atoms with E-state index < -0.39 is 29.3 Å². The van der Waals surface area contributed by atoms with Gasteiger partial charge in [-0.15, -0.1) is 13.2 Å². The highest BCUT2D eigenvalue weighted by atomic mass is 32.2. The van der Waals surface area contributed by atoms with Gasteiger partial charge in [-0.05, 0) is 29.2 Å². The first-order valence-electron chi connectivity index (χ1n) is 6.36. The minimum atomic E-state index is -4.85. The van der Waals surface area contributed by atoms with Crippen molar-refractivity contribution >= 4 is 22.6 Å². The van der Waals surface area contributed by atoms with E-state index >= 15 is 0 Å². The molecule has 128 valence electrons. The molecule has 0 saturated heterocycles. The first-order valence-corrected chi connectivity index (χ1v) is 7.91. The maximum absolute atomic E-state index is 12.2. The van der Waals surface area contributed by atoms with E-state index in [-0.39, 0.29) is 21.5 Å². The van der Waals surface area contributed by atoms with E-state index in [0.717, 1.165) is 24.3 Å². The van der Waals surface area contributed by atoms with E-state index in [1.807, 2.05) is 0 Å². The summed E-state index contributed by atoms with van der Waals surface area (Å²) in [6.07, 6.45) is -4.85. The minimum Gasteiger partial charge on any atom is -0.423 e. The molecule has 0 spiro atoms. The second-order valence-corrected chi connectivity index (χ2v) is 6.28. The molecule has 0 atom stereocenters. The molecule has 0 aliphatic heterocycles. The highest BCUT2D eigenvalue weighted by molar-refractivity contribution is 7.89. The number of primary sulfonamides is 1. The summed E-state index contributed by atoms with van der Waals surface area (Å²) in [5.41, 5.74) is 0.214. The molecule has 0 aliphatic carbocycles. The molecule has 0 heterocycles. The Kier molecular flexibility index (Phi) is 4.90. The molecule has 2 rings (SSSR count). The van der Waals surface area contributed by atoms with Crippen LogP contribution >= 0.6 is 0 Å². The number of alkyl halides is 3. The quantitative estimate of drug-likeness (QED) is 0.691. The number of hydrogen-bond donors (Lipinski definition) is 3.